The number of anilines is 3. The number of hydrogen-bond donors (Lipinski definition) is 1. The Balaban J connectivity index is 2.08. The second kappa shape index (κ2) is 5.13. The molecule has 0 unspecified atom stereocenters. The van der Waals surface area contributed by atoms with Crippen molar-refractivity contribution >= 4 is 34.7 Å². The number of fused-ring (bicyclic) bond motifs is 1. The number of aromatic nitrogens is 1. The molecule has 0 spiro atoms. The maximum absolute atomic E-state index is 11.8. The van der Waals surface area contributed by atoms with E-state index in [1.807, 2.05) is 36.1 Å². The number of carbonyl (C=O) groups is 1. The Morgan fingerprint density at radius 1 is 1.30 bits per heavy atom. The van der Waals surface area contributed by atoms with Crippen LogP contribution in [0.2, 0.25) is 5.02 Å². The summed E-state index contributed by atoms with van der Waals surface area (Å²) in [6, 6.07) is 9.89. The topological polar surface area (TPSA) is 45.2 Å². The molecule has 1 aliphatic heterocycles. The first-order valence-corrected chi connectivity index (χ1v) is 6.81. The predicted octanol–water partition coefficient (Wildman–Crippen LogP) is 3.52. The molecule has 2 heterocycles. The van der Waals surface area contributed by atoms with Gasteiger partial charge in [-0.3, -0.25) is 4.79 Å². The molecule has 1 amide bonds. The van der Waals surface area contributed by atoms with Gasteiger partial charge in [-0.25, -0.2) is 4.98 Å². The molecule has 0 radical (unpaired) electrons. The Morgan fingerprint density at radius 2 is 2.05 bits per heavy atom. The highest BCUT2D eigenvalue weighted by atomic mass is 35.5. The molecule has 0 fully saturated rings. The minimum atomic E-state index is -0.0232. The number of pyridine rings is 1. The number of nitrogens with one attached hydrogen (secondary N) is 1. The average Bonchev–Trinajstić information content (AvgIpc) is 2.58. The quantitative estimate of drug-likeness (QED) is 0.873. The van der Waals surface area contributed by atoms with Crippen molar-refractivity contribution in [2.45, 2.75) is 13.3 Å². The summed E-state index contributed by atoms with van der Waals surface area (Å²) in [4.78, 5) is 18.2. The molecule has 0 saturated carbocycles. The number of nitrogens with zero attached hydrogens (tertiary/aromatic N) is 2. The first-order chi connectivity index (χ1) is 9.63. The summed E-state index contributed by atoms with van der Waals surface area (Å²) in [6.45, 7) is 2.64. The number of hydrogen-bond acceptors (Lipinski definition) is 3. The fourth-order valence-electron chi connectivity index (χ4n) is 2.25. The third kappa shape index (κ3) is 2.47. The molecule has 3 rings (SSSR count). The average molecular weight is 288 g/mol. The zero-order valence-electron chi connectivity index (χ0n) is 11.1. The largest absolute Gasteiger partial charge is 0.324 e. The van der Waals surface area contributed by atoms with E-state index in [2.05, 4.69) is 10.3 Å². The molecular weight excluding hydrogens is 274 g/mol. The molecule has 1 N–H and O–H groups in total. The maximum atomic E-state index is 11.8. The van der Waals surface area contributed by atoms with Gasteiger partial charge in [-0.1, -0.05) is 29.3 Å². The van der Waals surface area contributed by atoms with E-state index in [9.17, 15) is 4.79 Å². The molecule has 0 saturated heterocycles. The summed E-state index contributed by atoms with van der Waals surface area (Å²) in [6.07, 6.45) is 2.01. The minimum absolute atomic E-state index is 0.0232. The molecule has 0 aliphatic carbocycles. The van der Waals surface area contributed by atoms with Crippen LogP contribution < -0.4 is 10.2 Å². The van der Waals surface area contributed by atoms with Crippen molar-refractivity contribution < 1.29 is 4.79 Å². The lowest BCUT2D eigenvalue weighted by Gasteiger charge is -2.23. The Bertz CT molecular complexity index is 655. The lowest BCUT2D eigenvalue weighted by molar-refractivity contribution is -0.115. The van der Waals surface area contributed by atoms with E-state index in [0.717, 1.165) is 11.5 Å². The molecule has 0 bridgehead atoms. The summed E-state index contributed by atoms with van der Waals surface area (Å²) in [5.74, 6) is 0.703. The standard InChI is InChI=1S/C15H14ClN3O/c1-10-2-4-12(5-3-10)19-7-6-14(20)18-13-8-11(16)9-17-15(13)19/h2-5,8-9H,6-7H2,1H3,(H,18,20). The van der Waals surface area contributed by atoms with Crippen LogP contribution in [0.1, 0.15) is 12.0 Å². The Labute approximate surface area is 122 Å². The van der Waals surface area contributed by atoms with E-state index in [4.69, 9.17) is 11.6 Å². The van der Waals surface area contributed by atoms with Gasteiger partial charge in [-0.05, 0) is 25.1 Å². The number of halogens is 1. The molecular formula is C15H14ClN3O. The van der Waals surface area contributed by atoms with Gasteiger partial charge in [0.2, 0.25) is 5.91 Å². The summed E-state index contributed by atoms with van der Waals surface area (Å²) in [5, 5.41) is 3.36. The highest BCUT2D eigenvalue weighted by Crippen LogP contribution is 2.34. The Morgan fingerprint density at radius 3 is 2.80 bits per heavy atom. The van der Waals surface area contributed by atoms with Gasteiger partial charge in [0.25, 0.3) is 0 Å². The first-order valence-electron chi connectivity index (χ1n) is 6.43. The first kappa shape index (κ1) is 12.9. The molecule has 1 aromatic heterocycles. The van der Waals surface area contributed by atoms with Crippen LogP contribution in [0.15, 0.2) is 36.5 Å². The molecule has 2 aromatic rings. The maximum Gasteiger partial charge on any atom is 0.226 e. The van der Waals surface area contributed by atoms with Gasteiger partial charge in [0.15, 0.2) is 5.82 Å². The second-order valence-corrected chi connectivity index (χ2v) is 5.25. The molecule has 1 aliphatic rings. The normalized spacial score (nSPS) is 14.5. The number of rotatable bonds is 1. The van der Waals surface area contributed by atoms with Crippen LogP contribution in [0, 0.1) is 6.92 Å². The van der Waals surface area contributed by atoms with E-state index in [0.29, 0.717) is 23.7 Å². The van der Waals surface area contributed by atoms with Gasteiger partial charge in [0.05, 0.1) is 10.7 Å². The number of carbonyl (C=O) groups excluding carboxylic acids is 1. The lowest BCUT2D eigenvalue weighted by atomic mass is 10.2. The zero-order chi connectivity index (χ0) is 14.1. The van der Waals surface area contributed by atoms with Crippen molar-refractivity contribution in [2.24, 2.45) is 0 Å². The van der Waals surface area contributed by atoms with E-state index in [-0.39, 0.29) is 5.91 Å². The van der Waals surface area contributed by atoms with Crippen LogP contribution in [-0.2, 0) is 4.79 Å². The monoisotopic (exact) mass is 287 g/mol. The van der Waals surface area contributed by atoms with Gasteiger partial charge in [0.1, 0.15) is 0 Å². The fraction of sp³-hybridized carbons (Fsp3) is 0.200. The van der Waals surface area contributed by atoms with E-state index in [1.165, 1.54) is 5.56 Å². The zero-order valence-corrected chi connectivity index (χ0v) is 11.8. The van der Waals surface area contributed by atoms with Gasteiger partial charge >= 0.3 is 0 Å². The van der Waals surface area contributed by atoms with Crippen molar-refractivity contribution in [1.82, 2.24) is 4.98 Å². The van der Waals surface area contributed by atoms with Crippen molar-refractivity contribution in [2.75, 3.05) is 16.8 Å². The van der Waals surface area contributed by atoms with E-state index in [1.54, 1.807) is 12.3 Å². The van der Waals surface area contributed by atoms with Gasteiger partial charge < -0.3 is 10.2 Å². The number of amides is 1. The van der Waals surface area contributed by atoms with Crippen molar-refractivity contribution in [3.63, 3.8) is 0 Å². The molecule has 1 aromatic carbocycles. The summed E-state index contributed by atoms with van der Waals surface area (Å²) >= 11 is 5.96. The number of benzene rings is 1. The summed E-state index contributed by atoms with van der Waals surface area (Å²) < 4.78 is 0. The Hall–Kier alpha value is -2.07. The molecule has 20 heavy (non-hydrogen) atoms. The third-order valence-electron chi connectivity index (χ3n) is 3.27. The van der Waals surface area contributed by atoms with Crippen LogP contribution in [0.3, 0.4) is 0 Å². The lowest BCUT2D eigenvalue weighted by Crippen LogP contribution is -2.19. The third-order valence-corrected chi connectivity index (χ3v) is 3.48. The fourth-order valence-corrected chi connectivity index (χ4v) is 2.41. The van der Waals surface area contributed by atoms with E-state index >= 15 is 0 Å². The van der Waals surface area contributed by atoms with E-state index < -0.39 is 0 Å². The van der Waals surface area contributed by atoms with Crippen LogP contribution in [0.25, 0.3) is 0 Å². The van der Waals surface area contributed by atoms with Gasteiger partial charge in [-0.2, -0.15) is 0 Å². The SMILES string of the molecule is Cc1ccc(N2CCC(=O)Nc3cc(Cl)cnc32)cc1. The van der Waals surface area contributed by atoms with Crippen molar-refractivity contribution in [3.8, 4) is 0 Å². The van der Waals surface area contributed by atoms with Crippen molar-refractivity contribution in [3.05, 3.63) is 47.1 Å². The van der Waals surface area contributed by atoms with Crippen LogP contribution >= 0.6 is 11.6 Å². The number of aryl methyl sites for hydroxylation is 1. The van der Waals surface area contributed by atoms with Gasteiger partial charge in [-0.15, -0.1) is 0 Å². The summed E-state index contributed by atoms with van der Waals surface area (Å²) in [5.41, 5.74) is 2.87. The molecule has 0 atom stereocenters. The molecule has 102 valence electrons. The van der Waals surface area contributed by atoms with Gasteiger partial charge in [0, 0.05) is 24.8 Å². The van der Waals surface area contributed by atoms with Crippen molar-refractivity contribution in [1.29, 1.82) is 0 Å². The highest BCUT2D eigenvalue weighted by Gasteiger charge is 2.21. The predicted molar refractivity (Wildman–Crippen MR) is 80.7 cm³/mol. The molecule has 5 heteroatoms. The second-order valence-electron chi connectivity index (χ2n) is 4.81. The van der Waals surface area contributed by atoms with Crippen LogP contribution in [0.5, 0.6) is 0 Å². The van der Waals surface area contributed by atoms with Crippen LogP contribution in [-0.4, -0.2) is 17.4 Å². The van der Waals surface area contributed by atoms with Crippen LogP contribution in [0.4, 0.5) is 17.2 Å². The summed E-state index contributed by atoms with van der Waals surface area (Å²) in [7, 11) is 0. The minimum Gasteiger partial charge on any atom is -0.324 e. The molecule has 4 nitrogen and oxygen atoms in total. The highest BCUT2D eigenvalue weighted by molar-refractivity contribution is 6.31. The Kier molecular flexibility index (Phi) is 3.32. The smallest absolute Gasteiger partial charge is 0.226 e.